The standard InChI is InChI=1S/C28H30F4N4O3/c1-16-9-22(39-2)19(17-5-7-33-23(16)17)11-35-8-6-26(12-27(29,30)13-26)10-21(35)18-3-4-20(25(37)38)34-24(18)36-14-28(31,32)15-36/h3-5,7,9,21,33H,6,8,10-15H2,1-2H3,(H,37,38)/t21-/m0/s1. The van der Waals surface area contributed by atoms with Crippen LogP contribution in [0.2, 0.25) is 0 Å². The highest BCUT2D eigenvalue weighted by molar-refractivity contribution is 5.88. The molecule has 1 aliphatic carbocycles. The summed E-state index contributed by atoms with van der Waals surface area (Å²) in [6, 6.07) is 6.50. The van der Waals surface area contributed by atoms with Crippen molar-refractivity contribution < 1.29 is 32.2 Å². The second-order valence-electron chi connectivity index (χ2n) is 11.4. The van der Waals surface area contributed by atoms with Crippen molar-refractivity contribution in [2.24, 2.45) is 5.41 Å². The first-order valence-electron chi connectivity index (χ1n) is 13.0. The van der Waals surface area contributed by atoms with Gasteiger partial charge < -0.3 is 19.7 Å². The lowest BCUT2D eigenvalue weighted by atomic mass is 9.59. The third-order valence-electron chi connectivity index (χ3n) is 8.58. The summed E-state index contributed by atoms with van der Waals surface area (Å²) in [6.45, 7) is 1.80. The van der Waals surface area contributed by atoms with Crippen molar-refractivity contribution in [3.63, 3.8) is 0 Å². The Balaban J connectivity index is 1.42. The average Bonchev–Trinajstić information content (AvgIpc) is 3.34. The van der Waals surface area contributed by atoms with Crippen molar-refractivity contribution in [2.45, 2.75) is 57.0 Å². The van der Waals surface area contributed by atoms with E-state index < -0.39 is 42.4 Å². The number of benzene rings is 1. The van der Waals surface area contributed by atoms with Gasteiger partial charge in [0.05, 0.1) is 20.2 Å². The molecule has 1 saturated carbocycles. The van der Waals surface area contributed by atoms with Crippen LogP contribution in [0.15, 0.2) is 30.5 Å². The second-order valence-corrected chi connectivity index (χ2v) is 11.4. The number of carbonyl (C=O) groups is 1. The highest BCUT2D eigenvalue weighted by Crippen LogP contribution is 2.61. The fourth-order valence-electron chi connectivity index (χ4n) is 6.78. The lowest BCUT2D eigenvalue weighted by molar-refractivity contribution is -0.186. The fraction of sp³-hybridized carbons (Fsp3) is 0.500. The Kier molecular flexibility index (Phi) is 5.87. The smallest absolute Gasteiger partial charge is 0.354 e. The summed E-state index contributed by atoms with van der Waals surface area (Å²) in [7, 11) is 1.60. The van der Waals surface area contributed by atoms with E-state index in [4.69, 9.17) is 4.74 Å². The van der Waals surface area contributed by atoms with Crippen LogP contribution in [0.25, 0.3) is 10.9 Å². The Morgan fingerprint density at radius 3 is 2.56 bits per heavy atom. The van der Waals surface area contributed by atoms with Gasteiger partial charge >= 0.3 is 5.97 Å². The average molecular weight is 547 g/mol. The third kappa shape index (κ3) is 4.50. The summed E-state index contributed by atoms with van der Waals surface area (Å²) in [6.07, 6.45) is 2.42. The Morgan fingerprint density at radius 1 is 1.18 bits per heavy atom. The van der Waals surface area contributed by atoms with Crippen LogP contribution in [-0.4, -0.2) is 64.5 Å². The van der Waals surface area contributed by atoms with Crippen molar-refractivity contribution in [2.75, 3.05) is 31.6 Å². The number of rotatable bonds is 6. The molecule has 0 amide bonds. The van der Waals surface area contributed by atoms with E-state index in [1.165, 1.54) is 11.0 Å². The number of aromatic amines is 1. The molecule has 0 bridgehead atoms. The number of nitrogens with zero attached hydrogens (tertiary/aromatic N) is 3. The fourth-order valence-corrected chi connectivity index (χ4v) is 6.78. The number of carboxylic acid groups (broad SMARTS) is 1. The minimum absolute atomic E-state index is 0.182. The van der Waals surface area contributed by atoms with Gasteiger partial charge in [-0.25, -0.2) is 27.3 Å². The molecule has 1 atom stereocenters. The van der Waals surface area contributed by atoms with E-state index in [-0.39, 0.29) is 24.4 Å². The van der Waals surface area contributed by atoms with E-state index in [1.54, 1.807) is 13.2 Å². The quantitative estimate of drug-likeness (QED) is 0.381. The number of methoxy groups -OCH3 is 1. The number of hydrogen-bond donors (Lipinski definition) is 2. The van der Waals surface area contributed by atoms with Crippen LogP contribution in [0.5, 0.6) is 5.75 Å². The summed E-state index contributed by atoms with van der Waals surface area (Å²) < 4.78 is 61.7. The maximum atomic E-state index is 14.1. The van der Waals surface area contributed by atoms with Crippen LogP contribution < -0.4 is 9.64 Å². The molecule has 6 rings (SSSR count). The van der Waals surface area contributed by atoms with Crippen molar-refractivity contribution in [1.82, 2.24) is 14.9 Å². The molecule has 3 aromatic rings. The van der Waals surface area contributed by atoms with E-state index in [1.807, 2.05) is 25.3 Å². The van der Waals surface area contributed by atoms with Crippen LogP contribution >= 0.6 is 0 Å². The van der Waals surface area contributed by atoms with Gasteiger partial charge in [0.25, 0.3) is 5.92 Å². The zero-order valence-electron chi connectivity index (χ0n) is 21.7. The highest BCUT2D eigenvalue weighted by atomic mass is 19.3. The topological polar surface area (TPSA) is 81.7 Å². The number of pyridine rings is 1. The molecule has 3 fully saturated rings. The zero-order chi connectivity index (χ0) is 27.7. The lowest BCUT2D eigenvalue weighted by Gasteiger charge is -2.55. The molecule has 11 heteroatoms. The van der Waals surface area contributed by atoms with Gasteiger partial charge in [-0.1, -0.05) is 6.07 Å². The number of ether oxygens (including phenoxy) is 1. The van der Waals surface area contributed by atoms with Crippen LogP contribution in [0.3, 0.4) is 0 Å². The van der Waals surface area contributed by atoms with Crippen LogP contribution in [0.4, 0.5) is 23.4 Å². The highest BCUT2D eigenvalue weighted by Gasteiger charge is 2.59. The number of halogens is 4. The van der Waals surface area contributed by atoms with Gasteiger partial charge in [-0.2, -0.15) is 0 Å². The molecular formula is C28H30F4N4O3. The molecule has 4 heterocycles. The molecule has 0 unspecified atom stereocenters. The molecule has 3 aliphatic rings. The monoisotopic (exact) mass is 546 g/mol. The van der Waals surface area contributed by atoms with Crippen molar-refractivity contribution in [3.8, 4) is 5.75 Å². The molecule has 1 spiro atoms. The molecule has 2 N–H and O–H groups in total. The number of carboxylic acids is 1. The SMILES string of the molecule is COc1cc(C)c2[nH]ccc2c1CN1CCC2(C[C@H]1c1ccc(C(=O)O)nc1N1CC(F)(F)C1)CC(F)(F)C2. The first-order chi connectivity index (χ1) is 18.4. The molecule has 2 aromatic heterocycles. The number of nitrogens with one attached hydrogen (secondary N) is 1. The maximum absolute atomic E-state index is 14.1. The van der Waals surface area contributed by atoms with Crippen molar-refractivity contribution in [3.05, 3.63) is 52.8 Å². The number of fused-ring (bicyclic) bond motifs is 1. The molecular weight excluding hydrogens is 516 g/mol. The Bertz CT molecular complexity index is 1440. The number of likely N-dealkylation sites (tertiary alicyclic amines) is 1. The predicted octanol–water partition coefficient (Wildman–Crippen LogP) is 5.79. The molecule has 39 heavy (non-hydrogen) atoms. The molecule has 1 aromatic carbocycles. The first kappa shape index (κ1) is 25.9. The zero-order valence-corrected chi connectivity index (χ0v) is 21.7. The molecule has 2 saturated heterocycles. The number of hydrogen-bond acceptors (Lipinski definition) is 5. The van der Waals surface area contributed by atoms with Gasteiger partial charge in [0, 0.05) is 53.7 Å². The Labute approximate surface area is 222 Å². The number of aromatic carboxylic acids is 1. The van der Waals surface area contributed by atoms with Crippen LogP contribution in [-0.2, 0) is 6.54 Å². The van der Waals surface area contributed by atoms with Gasteiger partial charge in [-0.3, -0.25) is 4.90 Å². The van der Waals surface area contributed by atoms with Gasteiger partial charge in [-0.15, -0.1) is 0 Å². The van der Waals surface area contributed by atoms with Crippen LogP contribution in [0.1, 0.15) is 58.9 Å². The summed E-state index contributed by atoms with van der Waals surface area (Å²) in [5, 5.41) is 10.5. The molecule has 7 nitrogen and oxygen atoms in total. The van der Waals surface area contributed by atoms with E-state index in [0.29, 0.717) is 37.2 Å². The minimum atomic E-state index is -2.89. The summed E-state index contributed by atoms with van der Waals surface area (Å²) in [5.41, 5.74) is 2.71. The first-order valence-corrected chi connectivity index (χ1v) is 13.0. The largest absolute Gasteiger partial charge is 0.496 e. The molecule has 0 radical (unpaired) electrons. The van der Waals surface area contributed by atoms with Crippen molar-refractivity contribution in [1.29, 1.82) is 0 Å². The van der Waals surface area contributed by atoms with E-state index in [0.717, 1.165) is 22.0 Å². The van der Waals surface area contributed by atoms with Gasteiger partial charge in [0.2, 0.25) is 5.92 Å². The number of aryl methyl sites for hydroxylation is 1. The van der Waals surface area contributed by atoms with Crippen LogP contribution in [0, 0.1) is 12.3 Å². The van der Waals surface area contributed by atoms with E-state index >= 15 is 0 Å². The predicted molar refractivity (Wildman–Crippen MR) is 137 cm³/mol. The number of piperidine rings is 1. The van der Waals surface area contributed by atoms with Gasteiger partial charge in [-0.05, 0) is 55.5 Å². The molecule has 2 aliphatic heterocycles. The lowest BCUT2D eigenvalue weighted by Crippen LogP contribution is -2.57. The third-order valence-corrected chi connectivity index (χ3v) is 8.58. The number of H-pyrrole nitrogens is 1. The summed E-state index contributed by atoms with van der Waals surface area (Å²) in [5.74, 6) is -5.98. The van der Waals surface area contributed by atoms with Crippen molar-refractivity contribution >= 4 is 22.7 Å². The number of alkyl halides is 4. The van der Waals surface area contributed by atoms with E-state index in [9.17, 15) is 27.5 Å². The maximum Gasteiger partial charge on any atom is 0.354 e. The summed E-state index contributed by atoms with van der Waals surface area (Å²) >= 11 is 0. The Hall–Kier alpha value is -3.34. The molecule has 208 valence electrons. The van der Waals surface area contributed by atoms with Gasteiger partial charge in [0.15, 0.2) is 5.69 Å². The van der Waals surface area contributed by atoms with Gasteiger partial charge in [0.1, 0.15) is 11.6 Å². The number of anilines is 1. The van der Waals surface area contributed by atoms with E-state index in [2.05, 4.69) is 14.9 Å². The Morgan fingerprint density at radius 2 is 1.92 bits per heavy atom. The summed E-state index contributed by atoms with van der Waals surface area (Å²) in [4.78, 5) is 22.8. The minimum Gasteiger partial charge on any atom is -0.496 e. The normalized spacial score (nSPS) is 23.4. The second kappa shape index (κ2) is 8.84. The number of aromatic nitrogens is 2.